The van der Waals surface area contributed by atoms with E-state index in [4.69, 9.17) is 5.11 Å². The molecule has 72 valence electrons. The van der Waals surface area contributed by atoms with Crippen LogP contribution in [0.4, 0.5) is 0 Å². The standard InChI is InChI=1S/C10H8O4/c1-7(9(11)12)14-10(13)8-5-3-2-4-6-8/h2-6H,1H2,(H,11,12). The first-order valence-electron chi connectivity index (χ1n) is 3.80. The molecule has 14 heavy (non-hydrogen) atoms. The van der Waals surface area contributed by atoms with Crippen molar-refractivity contribution in [3.63, 3.8) is 0 Å². The Kier molecular flexibility index (Phi) is 3.01. The fourth-order valence-electron chi connectivity index (χ4n) is 0.789. The number of carbonyl (C=O) groups is 2. The van der Waals surface area contributed by atoms with Crippen LogP contribution < -0.4 is 0 Å². The number of esters is 1. The molecule has 0 aliphatic rings. The Morgan fingerprint density at radius 3 is 2.29 bits per heavy atom. The van der Waals surface area contributed by atoms with Gasteiger partial charge in [0.15, 0.2) is 0 Å². The largest absolute Gasteiger partial charge is 0.475 e. The zero-order valence-electron chi connectivity index (χ0n) is 7.27. The predicted octanol–water partition coefficient (Wildman–Crippen LogP) is 1.44. The molecular weight excluding hydrogens is 184 g/mol. The van der Waals surface area contributed by atoms with Gasteiger partial charge in [-0.15, -0.1) is 0 Å². The topological polar surface area (TPSA) is 63.6 Å². The van der Waals surface area contributed by atoms with Crippen molar-refractivity contribution in [2.24, 2.45) is 0 Å². The van der Waals surface area contributed by atoms with Crippen LogP contribution in [-0.4, -0.2) is 17.0 Å². The summed E-state index contributed by atoms with van der Waals surface area (Å²) in [5.74, 6) is -2.66. The van der Waals surface area contributed by atoms with Gasteiger partial charge < -0.3 is 9.84 Å². The van der Waals surface area contributed by atoms with Crippen molar-refractivity contribution in [1.29, 1.82) is 0 Å². The molecule has 0 spiro atoms. The van der Waals surface area contributed by atoms with Gasteiger partial charge in [0.25, 0.3) is 0 Å². The van der Waals surface area contributed by atoms with Gasteiger partial charge in [0, 0.05) is 0 Å². The van der Waals surface area contributed by atoms with Crippen LogP contribution in [0.1, 0.15) is 10.4 Å². The molecule has 4 nitrogen and oxygen atoms in total. The summed E-state index contributed by atoms with van der Waals surface area (Å²) in [4.78, 5) is 21.5. The molecule has 0 aromatic heterocycles. The van der Waals surface area contributed by atoms with E-state index in [1.165, 1.54) is 12.1 Å². The highest BCUT2D eigenvalue weighted by Crippen LogP contribution is 2.04. The molecule has 0 bridgehead atoms. The maximum Gasteiger partial charge on any atom is 0.371 e. The zero-order valence-corrected chi connectivity index (χ0v) is 7.27. The highest BCUT2D eigenvalue weighted by atomic mass is 16.6. The first-order chi connectivity index (χ1) is 6.61. The summed E-state index contributed by atoms with van der Waals surface area (Å²) in [6.45, 7) is 3.08. The Hall–Kier alpha value is -2.10. The van der Waals surface area contributed by atoms with Crippen LogP contribution in [0.5, 0.6) is 0 Å². The number of hydrogen-bond donors (Lipinski definition) is 1. The third-order valence-corrected chi connectivity index (χ3v) is 1.46. The SMILES string of the molecule is C=C(OC(=O)c1ccccc1)C(=O)O. The second kappa shape index (κ2) is 4.23. The van der Waals surface area contributed by atoms with Gasteiger partial charge in [0.2, 0.25) is 5.76 Å². The van der Waals surface area contributed by atoms with Gasteiger partial charge in [-0.25, -0.2) is 9.59 Å². The minimum Gasteiger partial charge on any atom is -0.475 e. The molecule has 0 fully saturated rings. The normalized spacial score (nSPS) is 9.14. The molecule has 0 aliphatic carbocycles. The second-order valence-corrected chi connectivity index (χ2v) is 2.48. The van der Waals surface area contributed by atoms with Gasteiger partial charge >= 0.3 is 11.9 Å². The third kappa shape index (κ3) is 2.45. The van der Waals surface area contributed by atoms with Crippen LogP contribution >= 0.6 is 0 Å². The van der Waals surface area contributed by atoms with Crippen molar-refractivity contribution in [2.45, 2.75) is 0 Å². The summed E-state index contributed by atoms with van der Waals surface area (Å²) in [6.07, 6.45) is 0. The number of ether oxygens (including phenoxy) is 1. The highest BCUT2D eigenvalue weighted by molar-refractivity contribution is 5.94. The summed E-state index contributed by atoms with van der Waals surface area (Å²) in [5, 5.41) is 8.40. The molecule has 0 saturated carbocycles. The Balaban J connectivity index is 2.69. The molecule has 0 aliphatic heterocycles. The Labute approximate surface area is 80.4 Å². The van der Waals surface area contributed by atoms with E-state index >= 15 is 0 Å². The van der Waals surface area contributed by atoms with Crippen molar-refractivity contribution >= 4 is 11.9 Å². The number of carbonyl (C=O) groups excluding carboxylic acids is 1. The third-order valence-electron chi connectivity index (χ3n) is 1.46. The quantitative estimate of drug-likeness (QED) is 0.447. The Bertz CT molecular complexity index is 367. The maximum atomic E-state index is 11.2. The predicted molar refractivity (Wildman–Crippen MR) is 48.6 cm³/mol. The monoisotopic (exact) mass is 192 g/mol. The molecule has 0 atom stereocenters. The van der Waals surface area contributed by atoms with Crippen LogP contribution in [0.2, 0.25) is 0 Å². The molecule has 0 amide bonds. The van der Waals surface area contributed by atoms with Crippen LogP contribution in [-0.2, 0) is 9.53 Å². The van der Waals surface area contributed by atoms with Crippen molar-refractivity contribution in [1.82, 2.24) is 0 Å². The Morgan fingerprint density at radius 1 is 1.21 bits per heavy atom. The summed E-state index contributed by atoms with van der Waals surface area (Å²) in [5.41, 5.74) is 0.287. The lowest BCUT2D eigenvalue weighted by Crippen LogP contribution is -2.10. The number of carboxylic acids is 1. The van der Waals surface area contributed by atoms with Crippen molar-refractivity contribution in [3.05, 3.63) is 48.2 Å². The van der Waals surface area contributed by atoms with E-state index in [-0.39, 0.29) is 5.56 Å². The molecule has 0 radical (unpaired) electrons. The molecule has 1 aromatic rings. The van der Waals surface area contributed by atoms with Gasteiger partial charge in [0.05, 0.1) is 5.56 Å². The summed E-state index contributed by atoms with van der Waals surface area (Å²) in [7, 11) is 0. The minimum absolute atomic E-state index is 0.287. The summed E-state index contributed by atoms with van der Waals surface area (Å²) >= 11 is 0. The van der Waals surface area contributed by atoms with Gasteiger partial charge in [0.1, 0.15) is 0 Å². The van der Waals surface area contributed by atoms with Crippen molar-refractivity contribution < 1.29 is 19.4 Å². The van der Waals surface area contributed by atoms with Crippen LogP contribution in [0, 0.1) is 0 Å². The van der Waals surface area contributed by atoms with Gasteiger partial charge in [-0.2, -0.15) is 0 Å². The maximum absolute atomic E-state index is 11.2. The first-order valence-corrected chi connectivity index (χ1v) is 3.80. The Morgan fingerprint density at radius 2 is 1.79 bits per heavy atom. The second-order valence-electron chi connectivity index (χ2n) is 2.48. The molecular formula is C10H8O4. The molecule has 1 aromatic carbocycles. The number of benzene rings is 1. The van der Waals surface area contributed by atoms with Crippen molar-refractivity contribution in [2.75, 3.05) is 0 Å². The molecule has 0 saturated heterocycles. The van der Waals surface area contributed by atoms with E-state index in [1.807, 2.05) is 0 Å². The lowest BCUT2D eigenvalue weighted by atomic mass is 10.2. The van der Waals surface area contributed by atoms with Crippen LogP contribution in [0.3, 0.4) is 0 Å². The fourth-order valence-corrected chi connectivity index (χ4v) is 0.789. The summed E-state index contributed by atoms with van der Waals surface area (Å²) in [6, 6.07) is 8.10. The van der Waals surface area contributed by atoms with Crippen LogP contribution in [0.15, 0.2) is 42.7 Å². The zero-order chi connectivity index (χ0) is 10.6. The average molecular weight is 192 g/mol. The number of rotatable bonds is 3. The van der Waals surface area contributed by atoms with E-state index < -0.39 is 17.7 Å². The lowest BCUT2D eigenvalue weighted by molar-refractivity contribution is -0.135. The van der Waals surface area contributed by atoms with Gasteiger partial charge in [-0.3, -0.25) is 0 Å². The number of hydrogen-bond acceptors (Lipinski definition) is 3. The summed E-state index contributed by atoms with van der Waals surface area (Å²) < 4.78 is 4.46. The van der Waals surface area contributed by atoms with E-state index in [0.29, 0.717) is 0 Å². The van der Waals surface area contributed by atoms with E-state index in [1.54, 1.807) is 18.2 Å². The number of carboxylic acid groups (broad SMARTS) is 1. The smallest absolute Gasteiger partial charge is 0.371 e. The molecule has 0 unspecified atom stereocenters. The number of aliphatic carboxylic acids is 1. The van der Waals surface area contributed by atoms with E-state index in [0.717, 1.165) is 0 Å². The molecule has 0 heterocycles. The highest BCUT2D eigenvalue weighted by Gasteiger charge is 2.12. The minimum atomic E-state index is -1.35. The lowest BCUT2D eigenvalue weighted by Gasteiger charge is -2.02. The fraction of sp³-hybridized carbons (Fsp3) is 0. The molecule has 1 N–H and O–H groups in total. The van der Waals surface area contributed by atoms with Crippen LogP contribution in [0.25, 0.3) is 0 Å². The molecule has 1 rings (SSSR count). The first kappa shape index (κ1) is 9.98. The van der Waals surface area contributed by atoms with Gasteiger partial charge in [-0.1, -0.05) is 18.2 Å². The average Bonchev–Trinajstić information content (AvgIpc) is 2.19. The molecule has 4 heteroatoms. The van der Waals surface area contributed by atoms with Gasteiger partial charge in [-0.05, 0) is 18.7 Å². The van der Waals surface area contributed by atoms with E-state index in [2.05, 4.69) is 11.3 Å². The van der Waals surface area contributed by atoms with Crippen molar-refractivity contribution in [3.8, 4) is 0 Å². The van der Waals surface area contributed by atoms with E-state index in [9.17, 15) is 9.59 Å².